The SMILES string of the molecule is COCCCCNC(C)c1scnc1C. The maximum atomic E-state index is 5.00. The molecule has 0 spiro atoms. The second-order valence-corrected chi connectivity index (χ2v) is 4.56. The van der Waals surface area contributed by atoms with Crippen LogP contribution >= 0.6 is 11.3 Å². The molecule has 0 amide bonds. The molecule has 1 aromatic heterocycles. The maximum Gasteiger partial charge on any atom is 0.0798 e. The van der Waals surface area contributed by atoms with E-state index < -0.39 is 0 Å². The standard InChI is InChI=1S/C11H20N2OS/c1-9(11-10(2)13-8-15-11)12-6-4-5-7-14-3/h8-9,12H,4-7H2,1-3H3. The zero-order valence-corrected chi connectivity index (χ0v) is 10.6. The summed E-state index contributed by atoms with van der Waals surface area (Å²) in [5.41, 5.74) is 3.06. The van der Waals surface area contributed by atoms with Crippen molar-refractivity contribution >= 4 is 11.3 Å². The Bertz CT molecular complexity index is 275. The Morgan fingerprint density at radius 1 is 1.53 bits per heavy atom. The minimum Gasteiger partial charge on any atom is -0.385 e. The van der Waals surface area contributed by atoms with Crippen molar-refractivity contribution in [1.29, 1.82) is 0 Å². The second kappa shape index (κ2) is 6.93. The molecule has 0 aliphatic carbocycles. The van der Waals surface area contributed by atoms with Gasteiger partial charge in [0.15, 0.2) is 0 Å². The smallest absolute Gasteiger partial charge is 0.0798 e. The van der Waals surface area contributed by atoms with E-state index in [4.69, 9.17) is 4.74 Å². The molecule has 86 valence electrons. The Balaban J connectivity index is 2.19. The highest BCUT2D eigenvalue weighted by molar-refractivity contribution is 7.09. The molecule has 1 atom stereocenters. The predicted octanol–water partition coefficient (Wildman–Crippen LogP) is 2.53. The van der Waals surface area contributed by atoms with Crippen LogP contribution in [-0.2, 0) is 4.74 Å². The fourth-order valence-corrected chi connectivity index (χ4v) is 2.34. The molecule has 0 radical (unpaired) electrons. The molecule has 0 saturated heterocycles. The molecule has 4 heteroatoms. The largest absolute Gasteiger partial charge is 0.385 e. The number of rotatable bonds is 7. The lowest BCUT2D eigenvalue weighted by Gasteiger charge is -2.12. The van der Waals surface area contributed by atoms with Gasteiger partial charge in [0.25, 0.3) is 0 Å². The predicted molar refractivity (Wildman–Crippen MR) is 64.4 cm³/mol. The van der Waals surface area contributed by atoms with Crippen molar-refractivity contribution < 1.29 is 4.74 Å². The topological polar surface area (TPSA) is 34.1 Å². The molecule has 0 saturated carbocycles. The number of ether oxygens (including phenoxy) is 1. The lowest BCUT2D eigenvalue weighted by Crippen LogP contribution is -2.19. The molecule has 1 N–H and O–H groups in total. The molecule has 15 heavy (non-hydrogen) atoms. The highest BCUT2D eigenvalue weighted by Gasteiger charge is 2.09. The second-order valence-electron chi connectivity index (χ2n) is 3.68. The molecule has 1 aromatic rings. The lowest BCUT2D eigenvalue weighted by molar-refractivity contribution is 0.192. The van der Waals surface area contributed by atoms with Crippen LogP contribution in [0.15, 0.2) is 5.51 Å². The number of aromatic nitrogens is 1. The quantitative estimate of drug-likeness (QED) is 0.728. The summed E-state index contributed by atoms with van der Waals surface area (Å²) in [6.45, 7) is 6.16. The molecular weight excluding hydrogens is 208 g/mol. The van der Waals surface area contributed by atoms with E-state index in [0.717, 1.165) is 31.7 Å². The third-order valence-electron chi connectivity index (χ3n) is 2.40. The van der Waals surface area contributed by atoms with Gasteiger partial charge in [-0.15, -0.1) is 11.3 Å². The number of methoxy groups -OCH3 is 1. The first-order valence-electron chi connectivity index (χ1n) is 5.38. The highest BCUT2D eigenvalue weighted by atomic mass is 32.1. The van der Waals surface area contributed by atoms with E-state index in [1.54, 1.807) is 18.4 Å². The summed E-state index contributed by atoms with van der Waals surface area (Å²) in [5.74, 6) is 0. The number of nitrogens with one attached hydrogen (secondary N) is 1. The van der Waals surface area contributed by atoms with Crippen LogP contribution in [0.5, 0.6) is 0 Å². The molecule has 0 fully saturated rings. The fourth-order valence-electron chi connectivity index (χ4n) is 1.51. The van der Waals surface area contributed by atoms with Crippen molar-refractivity contribution in [3.8, 4) is 0 Å². The van der Waals surface area contributed by atoms with Gasteiger partial charge >= 0.3 is 0 Å². The summed E-state index contributed by atoms with van der Waals surface area (Å²) in [6, 6.07) is 0.417. The molecule has 0 aliphatic heterocycles. The zero-order valence-electron chi connectivity index (χ0n) is 9.75. The van der Waals surface area contributed by atoms with E-state index in [1.165, 1.54) is 4.88 Å². The summed E-state index contributed by atoms with van der Waals surface area (Å²) < 4.78 is 5.00. The van der Waals surface area contributed by atoms with Crippen LogP contribution in [0.3, 0.4) is 0 Å². The van der Waals surface area contributed by atoms with Gasteiger partial charge in [0.2, 0.25) is 0 Å². The number of hydrogen-bond donors (Lipinski definition) is 1. The summed E-state index contributed by atoms with van der Waals surface area (Å²) in [7, 11) is 1.75. The van der Waals surface area contributed by atoms with Gasteiger partial charge in [-0.05, 0) is 33.2 Å². The number of unbranched alkanes of at least 4 members (excludes halogenated alkanes) is 1. The average molecular weight is 228 g/mol. The van der Waals surface area contributed by atoms with Crippen LogP contribution < -0.4 is 5.32 Å². The fraction of sp³-hybridized carbons (Fsp3) is 0.727. The van der Waals surface area contributed by atoms with Crippen LogP contribution in [0.4, 0.5) is 0 Å². The first-order valence-corrected chi connectivity index (χ1v) is 6.26. The van der Waals surface area contributed by atoms with E-state index in [1.807, 2.05) is 5.51 Å². The van der Waals surface area contributed by atoms with Crippen LogP contribution in [0, 0.1) is 6.92 Å². The summed E-state index contributed by atoms with van der Waals surface area (Å²) in [4.78, 5) is 5.60. The van der Waals surface area contributed by atoms with Crippen LogP contribution in [0.1, 0.15) is 36.4 Å². The summed E-state index contributed by atoms with van der Waals surface area (Å²) >= 11 is 1.73. The van der Waals surface area contributed by atoms with Gasteiger partial charge in [-0.2, -0.15) is 0 Å². The zero-order chi connectivity index (χ0) is 11.1. The Hall–Kier alpha value is -0.450. The van der Waals surface area contributed by atoms with Gasteiger partial charge in [0.05, 0.1) is 11.2 Å². The van der Waals surface area contributed by atoms with Gasteiger partial charge in [0.1, 0.15) is 0 Å². The third-order valence-corrected chi connectivity index (χ3v) is 3.52. The van der Waals surface area contributed by atoms with Crippen LogP contribution in [0.2, 0.25) is 0 Å². The first kappa shape index (κ1) is 12.6. The molecule has 1 rings (SSSR count). The van der Waals surface area contributed by atoms with E-state index in [2.05, 4.69) is 24.1 Å². The van der Waals surface area contributed by atoms with Gasteiger partial charge in [-0.25, -0.2) is 4.98 Å². The molecular formula is C11H20N2OS. The van der Waals surface area contributed by atoms with Crippen molar-refractivity contribution in [3.05, 3.63) is 16.1 Å². The number of hydrogen-bond acceptors (Lipinski definition) is 4. The summed E-state index contributed by atoms with van der Waals surface area (Å²) in [5, 5.41) is 3.50. The minimum absolute atomic E-state index is 0.417. The van der Waals surface area contributed by atoms with E-state index >= 15 is 0 Å². The molecule has 0 aromatic carbocycles. The van der Waals surface area contributed by atoms with Crippen LogP contribution in [-0.4, -0.2) is 25.2 Å². The Labute approximate surface area is 95.9 Å². The van der Waals surface area contributed by atoms with Gasteiger partial charge in [-0.1, -0.05) is 0 Å². The Morgan fingerprint density at radius 3 is 2.93 bits per heavy atom. The lowest BCUT2D eigenvalue weighted by atomic mass is 10.2. The van der Waals surface area contributed by atoms with Crippen molar-refractivity contribution in [2.24, 2.45) is 0 Å². The third kappa shape index (κ3) is 4.28. The summed E-state index contributed by atoms with van der Waals surface area (Å²) in [6.07, 6.45) is 2.29. The first-order chi connectivity index (χ1) is 7.25. The molecule has 1 unspecified atom stereocenters. The van der Waals surface area contributed by atoms with Gasteiger partial charge < -0.3 is 10.1 Å². The normalized spacial score (nSPS) is 13.0. The highest BCUT2D eigenvalue weighted by Crippen LogP contribution is 2.20. The van der Waals surface area contributed by atoms with E-state index in [9.17, 15) is 0 Å². The molecule has 3 nitrogen and oxygen atoms in total. The molecule has 0 aliphatic rings. The van der Waals surface area contributed by atoms with Gasteiger partial charge in [0, 0.05) is 24.6 Å². The van der Waals surface area contributed by atoms with Crippen molar-refractivity contribution in [3.63, 3.8) is 0 Å². The Kier molecular flexibility index (Phi) is 5.83. The average Bonchev–Trinajstić information content (AvgIpc) is 2.64. The molecule has 0 bridgehead atoms. The van der Waals surface area contributed by atoms with Crippen molar-refractivity contribution in [1.82, 2.24) is 10.3 Å². The van der Waals surface area contributed by atoms with Gasteiger partial charge in [-0.3, -0.25) is 0 Å². The Morgan fingerprint density at radius 2 is 2.33 bits per heavy atom. The number of thiazole rings is 1. The van der Waals surface area contributed by atoms with Crippen molar-refractivity contribution in [2.75, 3.05) is 20.3 Å². The number of nitrogens with zero attached hydrogens (tertiary/aromatic N) is 1. The minimum atomic E-state index is 0.417. The van der Waals surface area contributed by atoms with E-state index in [-0.39, 0.29) is 0 Å². The van der Waals surface area contributed by atoms with E-state index in [0.29, 0.717) is 6.04 Å². The number of aryl methyl sites for hydroxylation is 1. The maximum absolute atomic E-state index is 5.00. The molecule has 1 heterocycles. The van der Waals surface area contributed by atoms with Crippen LogP contribution in [0.25, 0.3) is 0 Å². The monoisotopic (exact) mass is 228 g/mol. The van der Waals surface area contributed by atoms with Crippen molar-refractivity contribution in [2.45, 2.75) is 32.7 Å².